The average Bonchev–Trinajstić information content (AvgIpc) is 2.90. The highest BCUT2D eigenvalue weighted by atomic mass is 16.5. The van der Waals surface area contributed by atoms with Crippen LogP contribution in [-0.2, 0) is 0 Å². The second-order valence-electron chi connectivity index (χ2n) is 7.65. The molecule has 0 spiro atoms. The van der Waals surface area contributed by atoms with E-state index in [1.54, 1.807) is 19.4 Å². The van der Waals surface area contributed by atoms with Crippen LogP contribution in [0.3, 0.4) is 0 Å². The van der Waals surface area contributed by atoms with E-state index in [2.05, 4.69) is 20.5 Å². The maximum atomic E-state index is 10.4. The third-order valence-corrected chi connectivity index (χ3v) is 5.49. The molecule has 166 valence electrons. The summed E-state index contributed by atoms with van der Waals surface area (Å²) < 4.78 is 5.27. The number of aromatic hydroxyl groups is 1. The Morgan fingerprint density at radius 3 is 2.21 bits per heavy atom. The average molecular weight is 447 g/mol. The summed E-state index contributed by atoms with van der Waals surface area (Å²) in [6.07, 6.45) is 1.59. The normalized spacial score (nSPS) is 11.1. The summed E-state index contributed by atoms with van der Waals surface area (Å²) in [7, 11) is 1.64. The maximum Gasteiger partial charge on any atom is 0.244 e. The molecule has 0 saturated heterocycles. The van der Waals surface area contributed by atoms with Crippen LogP contribution < -0.4 is 10.2 Å². The van der Waals surface area contributed by atoms with Crippen molar-refractivity contribution in [1.82, 2.24) is 9.97 Å². The molecule has 1 heterocycles. The minimum atomic E-state index is 0.155. The second kappa shape index (κ2) is 9.42. The van der Waals surface area contributed by atoms with Crippen molar-refractivity contribution in [3.63, 3.8) is 0 Å². The zero-order chi connectivity index (χ0) is 23.3. The van der Waals surface area contributed by atoms with Gasteiger partial charge in [0.25, 0.3) is 0 Å². The van der Waals surface area contributed by atoms with Gasteiger partial charge in [0.05, 0.1) is 24.7 Å². The lowest BCUT2D eigenvalue weighted by molar-refractivity contribution is 0.415. The minimum Gasteiger partial charge on any atom is -0.507 e. The second-order valence-corrected chi connectivity index (χ2v) is 7.65. The molecule has 5 aromatic rings. The number of ether oxygens (including phenoxy) is 1. The van der Waals surface area contributed by atoms with Gasteiger partial charge in [0.2, 0.25) is 5.95 Å². The molecule has 5 rings (SSSR count). The lowest BCUT2D eigenvalue weighted by Gasteiger charge is -2.09. The van der Waals surface area contributed by atoms with Crippen molar-refractivity contribution < 1.29 is 9.84 Å². The summed E-state index contributed by atoms with van der Waals surface area (Å²) in [5, 5.41) is 16.6. The minimum absolute atomic E-state index is 0.155. The molecule has 1 aromatic heterocycles. The van der Waals surface area contributed by atoms with Gasteiger partial charge < -0.3 is 9.84 Å². The number of fused-ring (bicyclic) bond motifs is 1. The summed E-state index contributed by atoms with van der Waals surface area (Å²) in [4.78, 5) is 9.32. The van der Waals surface area contributed by atoms with Crippen molar-refractivity contribution in [2.45, 2.75) is 0 Å². The highest BCUT2D eigenvalue weighted by Crippen LogP contribution is 2.27. The third kappa shape index (κ3) is 4.42. The number of nitrogens with zero attached hydrogens (tertiary/aromatic N) is 3. The summed E-state index contributed by atoms with van der Waals surface area (Å²) in [6.45, 7) is 0. The molecule has 4 aromatic carbocycles. The first-order valence-corrected chi connectivity index (χ1v) is 10.8. The van der Waals surface area contributed by atoms with E-state index in [1.807, 2.05) is 91.0 Å². The Morgan fingerprint density at radius 1 is 0.794 bits per heavy atom. The van der Waals surface area contributed by atoms with Gasteiger partial charge in [0, 0.05) is 16.7 Å². The van der Waals surface area contributed by atoms with Crippen LogP contribution in [0.2, 0.25) is 0 Å². The van der Waals surface area contributed by atoms with E-state index in [-0.39, 0.29) is 5.75 Å². The Labute approximate surface area is 197 Å². The van der Waals surface area contributed by atoms with Crippen LogP contribution in [0.4, 0.5) is 5.95 Å². The van der Waals surface area contributed by atoms with Crippen LogP contribution in [0.1, 0.15) is 5.56 Å². The van der Waals surface area contributed by atoms with Gasteiger partial charge in [-0.15, -0.1) is 0 Å². The van der Waals surface area contributed by atoms with Crippen molar-refractivity contribution in [2.24, 2.45) is 5.10 Å². The molecule has 6 heteroatoms. The first-order chi connectivity index (χ1) is 16.7. The van der Waals surface area contributed by atoms with Gasteiger partial charge in [0.1, 0.15) is 11.5 Å². The van der Waals surface area contributed by atoms with E-state index in [0.717, 1.165) is 39.0 Å². The Morgan fingerprint density at radius 2 is 1.47 bits per heavy atom. The first-order valence-electron chi connectivity index (χ1n) is 10.8. The Hall–Kier alpha value is -4.71. The van der Waals surface area contributed by atoms with Crippen LogP contribution in [0.15, 0.2) is 102 Å². The van der Waals surface area contributed by atoms with Crippen LogP contribution in [-0.4, -0.2) is 28.4 Å². The van der Waals surface area contributed by atoms with Gasteiger partial charge in [-0.2, -0.15) is 5.10 Å². The van der Waals surface area contributed by atoms with Crippen molar-refractivity contribution in [3.05, 3.63) is 103 Å². The Bertz CT molecular complexity index is 1470. The standard InChI is InChI=1S/C28H22N4O2/c1-34-22-14-11-21(12-15-22)26-17-25(20-8-3-2-4-9-20)30-28(31-26)32-29-18-24-23-10-6-5-7-19(23)13-16-27(24)33/h2-18,33H,1H3,(H,30,31,32). The molecule has 0 fully saturated rings. The molecule has 0 aliphatic carbocycles. The number of methoxy groups -OCH3 is 1. The number of hydrogen-bond donors (Lipinski definition) is 2. The van der Waals surface area contributed by atoms with Crippen LogP contribution in [0, 0.1) is 0 Å². The first kappa shape index (κ1) is 21.2. The molecule has 0 radical (unpaired) electrons. The molecular weight excluding hydrogens is 424 g/mol. The van der Waals surface area contributed by atoms with Crippen molar-refractivity contribution >= 4 is 22.9 Å². The predicted octanol–water partition coefficient (Wildman–Crippen LogP) is 6.12. The fourth-order valence-corrected chi connectivity index (χ4v) is 3.74. The molecule has 2 N–H and O–H groups in total. The number of phenolic OH excluding ortho intramolecular Hbond substituents is 1. The number of rotatable bonds is 6. The zero-order valence-electron chi connectivity index (χ0n) is 18.5. The molecule has 0 unspecified atom stereocenters. The summed E-state index contributed by atoms with van der Waals surface area (Å²) in [6, 6.07) is 30.9. The lowest BCUT2D eigenvalue weighted by atomic mass is 10.0. The highest BCUT2D eigenvalue weighted by molar-refractivity contribution is 6.02. The van der Waals surface area contributed by atoms with Crippen molar-refractivity contribution in [2.75, 3.05) is 12.5 Å². The van der Waals surface area contributed by atoms with Crippen LogP contribution >= 0.6 is 0 Å². The molecule has 0 atom stereocenters. The number of benzene rings is 4. The Kier molecular flexibility index (Phi) is 5.86. The maximum absolute atomic E-state index is 10.4. The van der Waals surface area contributed by atoms with Crippen LogP contribution in [0.25, 0.3) is 33.3 Å². The molecule has 0 amide bonds. The summed E-state index contributed by atoms with van der Waals surface area (Å²) >= 11 is 0. The fourth-order valence-electron chi connectivity index (χ4n) is 3.74. The van der Waals surface area contributed by atoms with E-state index >= 15 is 0 Å². The van der Waals surface area contributed by atoms with E-state index in [4.69, 9.17) is 4.74 Å². The molecule has 6 nitrogen and oxygen atoms in total. The summed E-state index contributed by atoms with van der Waals surface area (Å²) in [5.41, 5.74) is 6.99. The fraction of sp³-hybridized carbons (Fsp3) is 0.0357. The van der Waals surface area contributed by atoms with Gasteiger partial charge in [-0.1, -0.05) is 60.7 Å². The SMILES string of the molecule is COc1ccc(-c2cc(-c3ccccc3)nc(NN=Cc3c(O)ccc4ccccc34)n2)cc1. The quantitative estimate of drug-likeness (QED) is 0.242. The number of hydrazone groups is 1. The number of aromatic nitrogens is 2. The number of anilines is 1. The smallest absolute Gasteiger partial charge is 0.244 e. The van der Waals surface area contributed by atoms with Crippen molar-refractivity contribution in [3.8, 4) is 34.0 Å². The predicted molar refractivity (Wildman–Crippen MR) is 136 cm³/mol. The molecule has 0 aliphatic heterocycles. The van der Waals surface area contributed by atoms with Gasteiger partial charge in [-0.3, -0.25) is 0 Å². The van der Waals surface area contributed by atoms with Gasteiger partial charge in [-0.05, 0) is 47.2 Å². The number of nitrogens with one attached hydrogen (secondary N) is 1. The van der Waals surface area contributed by atoms with E-state index < -0.39 is 0 Å². The Balaban J connectivity index is 1.51. The van der Waals surface area contributed by atoms with E-state index in [0.29, 0.717) is 11.5 Å². The largest absolute Gasteiger partial charge is 0.507 e. The molecule has 0 bridgehead atoms. The van der Waals surface area contributed by atoms with Gasteiger partial charge in [0.15, 0.2) is 0 Å². The lowest BCUT2D eigenvalue weighted by Crippen LogP contribution is -2.00. The highest BCUT2D eigenvalue weighted by Gasteiger charge is 2.09. The molecule has 0 aliphatic rings. The van der Waals surface area contributed by atoms with E-state index in [1.165, 1.54) is 0 Å². The van der Waals surface area contributed by atoms with Crippen molar-refractivity contribution in [1.29, 1.82) is 0 Å². The molecular formula is C28H22N4O2. The topological polar surface area (TPSA) is 79.6 Å². The van der Waals surface area contributed by atoms with Gasteiger partial charge >= 0.3 is 0 Å². The zero-order valence-corrected chi connectivity index (χ0v) is 18.5. The third-order valence-electron chi connectivity index (χ3n) is 5.49. The number of phenols is 1. The summed E-state index contributed by atoms with van der Waals surface area (Å²) in [5.74, 6) is 1.28. The molecule has 34 heavy (non-hydrogen) atoms. The monoisotopic (exact) mass is 446 g/mol. The van der Waals surface area contributed by atoms with E-state index in [9.17, 15) is 5.11 Å². The van der Waals surface area contributed by atoms with Crippen LogP contribution in [0.5, 0.6) is 11.5 Å². The van der Waals surface area contributed by atoms with Gasteiger partial charge in [-0.25, -0.2) is 15.4 Å². The number of hydrogen-bond acceptors (Lipinski definition) is 6. The molecule has 0 saturated carbocycles.